The first-order chi connectivity index (χ1) is 10.2. The fraction of sp³-hybridized carbons (Fsp3) is 0.733. The molecular formula is C15H22N2O4. The lowest BCUT2D eigenvalue weighted by molar-refractivity contribution is -0.906. The summed E-state index contributed by atoms with van der Waals surface area (Å²) in [5, 5.41) is 14.2. The van der Waals surface area contributed by atoms with Gasteiger partial charge in [0, 0.05) is 11.9 Å². The van der Waals surface area contributed by atoms with E-state index in [0.717, 1.165) is 39.3 Å². The smallest absolute Gasteiger partial charge is 0.224 e. The Morgan fingerprint density at radius 1 is 1.19 bits per heavy atom. The van der Waals surface area contributed by atoms with E-state index in [9.17, 15) is 14.7 Å². The first-order valence-electron chi connectivity index (χ1n) is 7.75. The maximum Gasteiger partial charge on any atom is 0.224 e. The number of quaternary nitrogens is 1. The van der Waals surface area contributed by atoms with E-state index >= 15 is 0 Å². The molecule has 3 rings (SSSR count). The zero-order valence-corrected chi connectivity index (χ0v) is 12.0. The van der Waals surface area contributed by atoms with Crippen LogP contribution in [-0.4, -0.2) is 51.3 Å². The third-order valence-corrected chi connectivity index (χ3v) is 5.01. The predicted molar refractivity (Wildman–Crippen MR) is 72.1 cm³/mol. The van der Waals surface area contributed by atoms with E-state index in [1.54, 1.807) is 0 Å². The maximum atomic E-state index is 12.3. The lowest BCUT2D eigenvalue weighted by Gasteiger charge is -2.28. The summed E-state index contributed by atoms with van der Waals surface area (Å²) in [6.45, 7) is 4.93. The second kappa shape index (κ2) is 6.15. The van der Waals surface area contributed by atoms with Crippen molar-refractivity contribution >= 4 is 11.9 Å². The molecule has 2 fully saturated rings. The zero-order valence-electron chi connectivity index (χ0n) is 12.0. The summed E-state index contributed by atoms with van der Waals surface area (Å²) in [5.41, 5.74) is 0. The molecule has 2 N–H and O–H groups in total. The van der Waals surface area contributed by atoms with E-state index < -0.39 is 17.8 Å². The molecule has 21 heavy (non-hydrogen) atoms. The molecule has 116 valence electrons. The molecule has 0 spiro atoms. The van der Waals surface area contributed by atoms with Gasteiger partial charge in [0.15, 0.2) is 0 Å². The molecule has 4 atom stereocenters. The highest BCUT2D eigenvalue weighted by Crippen LogP contribution is 2.47. The van der Waals surface area contributed by atoms with E-state index in [0.29, 0.717) is 6.54 Å². The number of nitrogens with one attached hydrogen (secondary N) is 2. The molecule has 1 heterocycles. The van der Waals surface area contributed by atoms with Gasteiger partial charge in [0.2, 0.25) is 5.91 Å². The summed E-state index contributed by atoms with van der Waals surface area (Å²) in [5.74, 6) is -2.30. The minimum absolute atomic E-state index is 0.0272. The number of carbonyl (C=O) groups is 2. The second-order valence-corrected chi connectivity index (χ2v) is 6.22. The SMILES string of the molecule is O=C([O-])[C@@H]1[C@H](C(=O)NCC[NH+]2CCOCC2)[C@@H]2C=C[C@H]1C2. The Bertz CT molecular complexity index is 445. The largest absolute Gasteiger partial charge is 0.550 e. The van der Waals surface area contributed by atoms with Crippen molar-refractivity contribution < 1.29 is 24.3 Å². The van der Waals surface area contributed by atoms with E-state index in [-0.39, 0.29) is 17.7 Å². The van der Waals surface area contributed by atoms with Gasteiger partial charge in [0.25, 0.3) is 0 Å². The fourth-order valence-electron chi connectivity index (χ4n) is 3.89. The molecule has 6 nitrogen and oxygen atoms in total. The van der Waals surface area contributed by atoms with Gasteiger partial charge in [0.1, 0.15) is 13.1 Å². The number of hydrogen-bond acceptors (Lipinski definition) is 4. The highest BCUT2D eigenvalue weighted by molar-refractivity contribution is 5.86. The van der Waals surface area contributed by atoms with E-state index in [1.807, 2.05) is 12.2 Å². The minimum Gasteiger partial charge on any atom is -0.550 e. The Labute approximate surface area is 124 Å². The molecule has 0 radical (unpaired) electrons. The lowest BCUT2D eigenvalue weighted by atomic mass is 9.82. The van der Waals surface area contributed by atoms with Crippen LogP contribution in [0.2, 0.25) is 0 Å². The van der Waals surface area contributed by atoms with Crippen LogP contribution in [-0.2, 0) is 14.3 Å². The fourth-order valence-corrected chi connectivity index (χ4v) is 3.89. The molecule has 2 bridgehead atoms. The summed E-state index contributed by atoms with van der Waals surface area (Å²) in [6, 6.07) is 0. The van der Waals surface area contributed by atoms with Gasteiger partial charge in [-0.1, -0.05) is 12.2 Å². The number of hydrogen-bond donors (Lipinski definition) is 2. The number of allylic oxidation sites excluding steroid dienone is 2. The second-order valence-electron chi connectivity index (χ2n) is 6.22. The van der Waals surface area contributed by atoms with Crippen LogP contribution >= 0.6 is 0 Å². The van der Waals surface area contributed by atoms with Crippen molar-refractivity contribution in [3.63, 3.8) is 0 Å². The number of amides is 1. The third-order valence-electron chi connectivity index (χ3n) is 5.01. The van der Waals surface area contributed by atoms with Gasteiger partial charge in [-0.25, -0.2) is 0 Å². The number of rotatable bonds is 5. The van der Waals surface area contributed by atoms with Gasteiger partial charge >= 0.3 is 0 Å². The van der Waals surface area contributed by atoms with Crippen LogP contribution in [0.5, 0.6) is 0 Å². The number of fused-ring (bicyclic) bond motifs is 2. The number of aliphatic carboxylic acids is 1. The van der Waals surface area contributed by atoms with Gasteiger partial charge in [-0.2, -0.15) is 0 Å². The van der Waals surface area contributed by atoms with Crippen LogP contribution in [0.1, 0.15) is 6.42 Å². The number of ether oxygens (including phenoxy) is 1. The molecule has 0 unspecified atom stereocenters. The average molecular weight is 294 g/mol. The van der Waals surface area contributed by atoms with Gasteiger partial charge < -0.3 is 24.9 Å². The molecule has 6 heteroatoms. The molecule has 1 saturated carbocycles. The molecule has 1 saturated heterocycles. The molecular weight excluding hydrogens is 272 g/mol. The predicted octanol–water partition coefficient (Wildman–Crippen LogP) is -2.79. The van der Waals surface area contributed by atoms with Crippen molar-refractivity contribution in [1.82, 2.24) is 5.32 Å². The molecule has 0 aromatic heterocycles. The van der Waals surface area contributed by atoms with Crippen molar-refractivity contribution in [2.24, 2.45) is 23.7 Å². The number of morpholine rings is 1. The van der Waals surface area contributed by atoms with Crippen LogP contribution in [0.25, 0.3) is 0 Å². The van der Waals surface area contributed by atoms with Crippen LogP contribution in [0.15, 0.2) is 12.2 Å². The monoisotopic (exact) mass is 294 g/mol. The topological polar surface area (TPSA) is 82.9 Å². The summed E-state index contributed by atoms with van der Waals surface area (Å²) >= 11 is 0. The van der Waals surface area contributed by atoms with Crippen molar-refractivity contribution in [2.75, 3.05) is 39.4 Å². The van der Waals surface area contributed by atoms with E-state index in [1.165, 1.54) is 4.90 Å². The Kier molecular flexibility index (Phi) is 4.26. The van der Waals surface area contributed by atoms with E-state index in [2.05, 4.69) is 5.32 Å². The van der Waals surface area contributed by atoms with Crippen LogP contribution in [0.3, 0.4) is 0 Å². The van der Waals surface area contributed by atoms with Crippen molar-refractivity contribution in [1.29, 1.82) is 0 Å². The minimum atomic E-state index is -1.09. The Hall–Kier alpha value is -1.40. The first-order valence-corrected chi connectivity index (χ1v) is 7.75. The van der Waals surface area contributed by atoms with Crippen molar-refractivity contribution in [3.8, 4) is 0 Å². The third kappa shape index (κ3) is 2.96. The molecule has 0 aromatic rings. The maximum absolute atomic E-state index is 12.3. The number of carboxylic acids is 1. The van der Waals surface area contributed by atoms with Gasteiger partial charge in [-0.05, 0) is 18.3 Å². The van der Waals surface area contributed by atoms with Gasteiger partial charge in [-0.15, -0.1) is 0 Å². The first kappa shape index (κ1) is 14.5. The molecule has 2 aliphatic carbocycles. The number of carboxylic acid groups (broad SMARTS) is 1. The Morgan fingerprint density at radius 2 is 1.86 bits per heavy atom. The van der Waals surface area contributed by atoms with Crippen LogP contribution < -0.4 is 15.3 Å². The highest BCUT2D eigenvalue weighted by atomic mass is 16.5. The van der Waals surface area contributed by atoms with Gasteiger partial charge in [0.05, 0.1) is 32.2 Å². The summed E-state index contributed by atoms with van der Waals surface area (Å²) in [4.78, 5) is 25.0. The Morgan fingerprint density at radius 3 is 2.52 bits per heavy atom. The molecule has 3 aliphatic rings. The van der Waals surface area contributed by atoms with Crippen molar-refractivity contribution in [3.05, 3.63) is 12.2 Å². The van der Waals surface area contributed by atoms with Gasteiger partial charge in [-0.3, -0.25) is 4.79 Å². The Balaban J connectivity index is 1.50. The summed E-state index contributed by atoms with van der Waals surface area (Å²) in [6.07, 6.45) is 4.68. The van der Waals surface area contributed by atoms with Crippen molar-refractivity contribution in [2.45, 2.75) is 6.42 Å². The average Bonchev–Trinajstić information content (AvgIpc) is 3.08. The molecule has 1 aliphatic heterocycles. The molecule has 1 amide bonds. The number of carbonyl (C=O) groups excluding carboxylic acids is 2. The quantitative estimate of drug-likeness (QED) is 0.537. The standard InChI is InChI=1S/C15H22N2O4/c18-14(16-3-4-17-5-7-21-8-6-17)12-10-1-2-11(9-10)13(12)15(19)20/h1-2,10-13H,3-9H2,(H,16,18)(H,19,20)/t10-,11+,12-,13+/m1/s1. The highest BCUT2D eigenvalue weighted by Gasteiger charge is 2.48. The van der Waals surface area contributed by atoms with Crippen LogP contribution in [0.4, 0.5) is 0 Å². The van der Waals surface area contributed by atoms with E-state index in [4.69, 9.17) is 4.74 Å². The lowest BCUT2D eigenvalue weighted by Crippen LogP contribution is -3.14. The molecule has 0 aromatic carbocycles. The normalized spacial score (nSPS) is 35.0. The summed E-state index contributed by atoms with van der Waals surface area (Å²) < 4.78 is 5.29. The zero-order chi connectivity index (χ0) is 14.8. The van der Waals surface area contributed by atoms with Crippen LogP contribution in [0, 0.1) is 23.7 Å². The summed E-state index contributed by atoms with van der Waals surface area (Å²) in [7, 11) is 0.